The molecule has 0 aliphatic carbocycles. The zero-order chi connectivity index (χ0) is 74.6. The maximum atomic E-state index is 13.1. The van der Waals surface area contributed by atoms with E-state index >= 15 is 0 Å². The standard InChI is InChI=1S/C83H144O17P2/c1-5-9-13-17-21-25-29-32-35-37-38-40-43-45-49-52-56-60-64-68-81(86)94-74-79(100-83(88)70-66-62-58-54-50-46-41-34-31-27-23-19-15-11-7-3)76-98-102(91,92)96-72-77(84)71-95-101(89,90)97-75-78(99-82(87)69-65-61-57-53-47-28-24-20-16-12-8-4)73-93-80(85)67-63-59-55-51-48-44-42-39-36-33-30-26-22-18-14-10-6-2/h10,14,20-27,32-36,38,40-41,77-79,84H,5-9,11-13,15-19,28-31,37,39,42-76H2,1-4H3,(H,89,90)(H,91,92)/b14-10-,24-20-,25-21-,26-22-,27-23-,35-32-,36-33-,40-38-,41-34-. The number of phosphoric acid groups is 2. The Balaban J connectivity index is 5.34. The Morgan fingerprint density at radius 2 is 0.520 bits per heavy atom. The zero-order valence-corrected chi connectivity index (χ0v) is 66.0. The number of ether oxygens (including phenoxy) is 4. The highest BCUT2D eigenvalue weighted by atomic mass is 31.2. The van der Waals surface area contributed by atoms with Gasteiger partial charge in [0.1, 0.15) is 19.3 Å². The number of unbranched alkanes of at least 4 members (excludes halogenated alkanes) is 31. The van der Waals surface area contributed by atoms with Crippen molar-refractivity contribution in [3.8, 4) is 0 Å². The van der Waals surface area contributed by atoms with Gasteiger partial charge in [0.2, 0.25) is 0 Å². The molecule has 5 atom stereocenters. The van der Waals surface area contributed by atoms with Crippen LogP contribution in [0.2, 0.25) is 0 Å². The molecule has 0 rings (SSSR count). The summed E-state index contributed by atoms with van der Waals surface area (Å²) in [5.74, 6) is -2.21. The van der Waals surface area contributed by atoms with E-state index in [-0.39, 0.29) is 25.7 Å². The van der Waals surface area contributed by atoms with Crippen LogP contribution >= 0.6 is 15.6 Å². The van der Waals surface area contributed by atoms with Crippen molar-refractivity contribution < 1.29 is 80.2 Å². The Hall–Kier alpha value is -4.28. The first-order chi connectivity index (χ1) is 49.7. The molecule has 3 N–H and O–H groups in total. The SMILES string of the molecule is CC/C=C\C/C=C\C/C=C\CCCCCCCCCC(=O)OCC(COP(=O)(O)OCC(O)COP(=O)(O)OCC(COC(=O)CCCCCCCC/C=C\C/C=C\C/C=C\CCCCC)OC(=O)CCCCCCC/C=C\C/C=C\CCCCC)OC(=O)CCCCCCC/C=C\CCCC. The van der Waals surface area contributed by atoms with Gasteiger partial charge in [-0.05, 0) is 148 Å². The lowest BCUT2D eigenvalue weighted by Gasteiger charge is -2.21. The molecule has 0 spiro atoms. The lowest BCUT2D eigenvalue weighted by molar-refractivity contribution is -0.161. The van der Waals surface area contributed by atoms with Crippen molar-refractivity contribution in [2.75, 3.05) is 39.6 Å². The molecule has 19 heteroatoms. The summed E-state index contributed by atoms with van der Waals surface area (Å²) in [5, 5.41) is 10.6. The summed E-state index contributed by atoms with van der Waals surface area (Å²) in [5.41, 5.74) is 0. The van der Waals surface area contributed by atoms with Gasteiger partial charge < -0.3 is 33.8 Å². The van der Waals surface area contributed by atoms with Gasteiger partial charge >= 0.3 is 39.5 Å². The molecule has 0 aliphatic rings. The third kappa shape index (κ3) is 74.0. The summed E-state index contributed by atoms with van der Waals surface area (Å²) in [6.07, 6.45) is 80.6. The third-order valence-corrected chi connectivity index (χ3v) is 18.6. The first-order valence-corrected chi connectivity index (χ1v) is 43.1. The van der Waals surface area contributed by atoms with E-state index in [0.717, 1.165) is 205 Å². The van der Waals surface area contributed by atoms with Gasteiger partial charge in [-0.1, -0.05) is 272 Å². The number of rotatable bonds is 75. The Kier molecular flexibility index (Phi) is 71.8. The molecular formula is C83H144O17P2. The minimum atomic E-state index is -4.98. The average molecular weight is 1480 g/mol. The lowest BCUT2D eigenvalue weighted by atomic mass is 10.1. The van der Waals surface area contributed by atoms with Crippen LogP contribution in [0.1, 0.15) is 336 Å². The molecular weight excluding hydrogens is 1330 g/mol. The second kappa shape index (κ2) is 75.0. The summed E-state index contributed by atoms with van der Waals surface area (Å²) in [6, 6.07) is 0. The number of phosphoric ester groups is 2. The van der Waals surface area contributed by atoms with Crippen molar-refractivity contribution in [2.24, 2.45) is 0 Å². The Bertz CT molecular complexity index is 2360. The summed E-state index contributed by atoms with van der Waals surface area (Å²) in [7, 11) is -9.96. The van der Waals surface area contributed by atoms with Gasteiger partial charge in [-0.2, -0.15) is 0 Å². The van der Waals surface area contributed by atoms with E-state index in [2.05, 4.69) is 137 Å². The van der Waals surface area contributed by atoms with E-state index in [1.165, 1.54) is 51.4 Å². The molecule has 0 bridgehead atoms. The molecule has 0 heterocycles. The largest absolute Gasteiger partial charge is 0.472 e. The second-order valence-corrected chi connectivity index (χ2v) is 29.5. The first kappa shape index (κ1) is 97.7. The second-order valence-electron chi connectivity index (χ2n) is 26.6. The van der Waals surface area contributed by atoms with Gasteiger partial charge in [-0.15, -0.1) is 0 Å². The predicted octanol–water partition coefficient (Wildman–Crippen LogP) is 23.3. The summed E-state index contributed by atoms with van der Waals surface area (Å²) < 4.78 is 68.6. The van der Waals surface area contributed by atoms with Crippen molar-refractivity contribution in [3.63, 3.8) is 0 Å². The Morgan fingerprint density at radius 1 is 0.284 bits per heavy atom. The molecule has 0 aromatic rings. The number of carbonyl (C=O) groups excluding carboxylic acids is 4. The van der Waals surface area contributed by atoms with Crippen LogP contribution in [0, 0.1) is 0 Å². The van der Waals surface area contributed by atoms with E-state index in [1.807, 2.05) is 0 Å². The van der Waals surface area contributed by atoms with Crippen molar-refractivity contribution in [1.29, 1.82) is 0 Å². The van der Waals surface area contributed by atoms with E-state index in [1.54, 1.807) is 0 Å². The van der Waals surface area contributed by atoms with Gasteiger partial charge in [0.15, 0.2) is 12.2 Å². The highest BCUT2D eigenvalue weighted by Gasteiger charge is 2.30. The van der Waals surface area contributed by atoms with Crippen LogP contribution in [0.5, 0.6) is 0 Å². The number of aliphatic hydroxyl groups is 1. The Labute approximate surface area is 619 Å². The number of allylic oxidation sites excluding steroid dienone is 18. The molecule has 0 radical (unpaired) electrons. The van der Waals surface area contributed by atoms with Gasteiger partial charge in [-0.3, -0.25) is 37.3 Å². The molecule has 102 heavy (non-hydrogen) atoms. The summed E-state index contributed by atoms with van der Waals surface area (Å²) in [4.78, 5) is 73.0. The van der Waals surface area contributed by atoms with E-state index < -0.39 is 97.5 Å². The predicted molar refractivity (Wildman–Crippen MR) is 418 cm³/mol. The maximum absolute atomic E-state index is 13.1. The number of hydrogen-bond acceptors (Lipinski definition) is 15. The van der Waals surface area contributed by atoms with Crippen LogP contribution in [0.25, 0.3) is 0 Å². The zero-order valence-electron chi connectivity index (χ0n) is 64.3. The number of hydrogen-bond donors (Lipinski definition) is 3. The minimum Gasteiger partial charge on any atom is -0.462 e. The van der Waals surface area contributed by atoms with E-state index in [0.29, 0.717) is 25.7 Å². The average Bonchev–Trinajstić information content (AvgIpc) is 0.926. The lowest BCUT2D eigenvalue weighted by Crippen LogP contribution is -2.30. The number of aliphatic hydroxyl groups excluding tert-OH is 1. The van der Waals surface area contributed by atoms with Gasteiger partial charge in [0.25, 0.3) is 0 Å². The van der Waals surface area contributed by atoms with Gasteiger partial charge in [0.05, 0.1) is 26.4 Å². The normalized spacial score (nSPS) is 14.5. The van der Waals surface area contributed by atoms with E-state index in [9.17, 15) is 43.2 Å². The molecule has 0 saturated carbocycles. The molecule has 0 aromatic carbocycles. The fraction of sp³-hybridized carbons (Fsp3) is 0.735. The fourth-order valence-electron chi connectivity index (χ4n) is 10.5. The van der Waals surface area contributed by atoms with Crippen molar-refractivity contribution in [2.45, 2.75) is 354 Å². The van der Waals surface area contributed by atoms with Crippen LogP contribution < -0.4 is 0 Å². The molecule has 588 valence electrons. The van der Waals surface area contributed by atoms with Crippen LogP contribution in [0.4, 0.5) is 0 Å². The van der Waals surface area contributed by atoms with Crippen LogP contribution in [-0.4, -0.2) is 96.7 Å². The van der Waals surface area contributed by atoms with Gasteiger partial charge in [0, 0.05) is 25.7 Å². The van der Waals surface area contributed by atoms with E-state index in [4.69, 9.17) is 37.0 Å². The number of esters is 4. The summed E-state index contributed by atoms with van der Waals surface area (Å²) in [6.45, 7) is 4.65. The van der Waals surface area contributed by atoms with Crippen molar-refractivity contribution in [1.82, 2.24) is 0 Å². The topological polar surface area (TPSA) is 237 Å². The molecule has 17 nitrogen and oxygen atoms in total. The van der Waals surface area contributed by atoms with Crippen LogP contribution in [0.3, 0.4) is 0 Å². The van der Waals surface area contributed by atoms with Crippen LogP contribution in [0.15, 0.2) is 109 Å². The third-order valence-electron chi connectivity index (χ3n) is 16.7. The highest BCUT2D eigenvalue weighted by Crippen LogP contribution is 2.45. The minimum absolute atomic E-state index is 0.0753. The Morgan fingerprint density at radius 3 is 0.824 bits per heavy atom. The molecule has 0 fully saturated rings. The highest BCUT2D eigenvalue weighted by molar-refractivity contribution is 7.47. The summed E-state index contributed by atoms with van der Waals surface area (Å²) >= 11 is 0. The fourth-order valence-corrected chi connectivity index (χ4v) is 12.1. The molecule has 5 unspecified atom stereocenters. The quantitative estimate of drug-likeness (QED) is 0.0169. The maximum Gasteiger partial charge on any atom is 0.472 e. The van der Waals surface area contributed by atoms with Gasteiger partial charge in [-0.25, -0.2) is 9.13 Å². The smallest absolute Gasteiger partial charge is 0.462 e. The van der Waals surface area contributed by atoms with Crippen molar-refractivity contribution >= 4 is 39.5 Å². The molecule has 0 amide bonds. The number of carbonyl (C=O) groups is 4. The molecule has 0 saturated heterocycles. The monoisotopic (exact) mass is 1470 g/mol. The molecule has 0 aromatic heterocycles. The van der Waals surface area contributed by atoms with Crippen molar-refractivity contribution in [3.05, 3.63) is 109 Å². The van der Waals surface area contributed by atoms with Crippen LogP contribution in [-0.2, 0) is 65.4 Å². The molecule has 0 aliphatic heterocycles. The first-order valence-electron chi connectivity index (χ1n) is 40.1.